The van der Waals surface area contributed by atoms with Gasteiger partial charge in [0.25, 0.3) is 0 Å². The summed E-state index contributed by atoms with van der Waals surface area (Å²) in [5, 5.41) is 13.0. The van der Waals surface area contributed by atoms with E-state index in [0.29, 0.717) is 5.75 Å². The molecule has 0 radical (unpaired) electrons. The summed E-state index contributed by atoms with van der Waals surface area (Å²) in [5.74, 6) is -0.170. The molecular weight excluding hydrogens is 254 g/mol. The van der Waals surface area contributed by atoms with Crippen molar-refractivity contribution in [3.63, 3.8) is 0 Å². The Balaban J connectivity index is 2.25. The van der Waals surface area contributed by atoms with Crippen molar-refractivity contribution in [2.75, 3.05) is 7.11 Å². The molecule has 20 heavy (non-hydrogen) atoms. The summed E-state index contributed by atoms with van der Waals surface area (Å²) in [5.41, 5.74) is -0.341. The number of carbonyl (C=O) groups is 1. The molecule has 2 rings (SSSR count). The Kier molecular flexibility index (Phi) is 4.65. The Morgan fingerprint density at radius 2 is 2.05 bits per heavy atom. The third kappa shape index (κ3) is 3.12. The van der Waals surface area contributed by atoms with Crippen LogP contribution in [-0.4, -0.2) is 24.2 Å². The average Bonchev–Trinajstić information content (AvgIpc) is 2.48. The number of carboxylic acids is 1. The van der Waals surface area contributed by atoms with Gasteiger partial charge >= 0.3 is 5.97 Å². The summed E-state index contributed by atoms with van der Waals surface area (Å²) in [6, 6.07) is 7.57. The quantitative estimate of drug-likeness (QED) is 0.869. The van der Waals surface area contributed by atoms with Gasteiger partial charge in [-0.3, -0.25) is 5.32 Å². The minimum absolute atomic E-state index is 0.274. The van der Waals surface area contributed by atoms with Crippen LogP contribution in [0.5, 0.6) is 5.75 Å². The van der Waals surface area contributed by atoms with Crippen molar-refractivity contribution in [2.45, 2.75) is 50.6 Å². The fourth-order valence-electron chi connectivity index (χ4n) is 2.86. The highest BCUT2D eigenvalue weighted by molar-refractivity contribution is 5.80. The lowest BCUT2D eigenvalue weighted by Crippen LogP contribution is -2.51. The minimum atomic E-state index is -1.07. The predicted molar refractivity (Wildman–Crippen MR) is 78.0 cm³/mol. The highest BCUT2D eigenvalue weighted by Crippen LogP contribution is 2.28. The summed E-state index contributed by atoms with van der Waals surface area (Å²) >= 11 is 0. The van der Waals surface area contributed by atoms with Crippen LogP contribution in [-0.2, 0) is 10.3 Å². The molecule has 0 aromatic heterocycles. The molecule has 1 aliphatic carbocycles. The normalized spacial score (nSPS) is 19.3. The molecule has 2 N–H and O–H groups in total. The van der Waals surface area contributed by atoms with Crippen LogP contribution in [0.3, 0.4) is 0 Å². The van der Waals surface area contributed by atoms with E-state index in [-0.39, 0.29) is 6.04 Å². The molecule has 0 spiro atoms. The molecule has 1 atom stereocenters. The van der Waals surface area contributed by atoms with Crippen LogP contribution in [0.25, 0.3) is 0 Å². The van der Waals surface area contributed by atoms with E-state index in [1.807, 2.05) is 18.2 Å². The lowest BCUT2D eigenvalue weighted by atomic mass is 9.87. The molecular formula is C16H23NO3. The number of hydrogen-bond donors (Lipinski definition) is 2. The molecule has 110 valence electrons. The van der Waals surface area contributed by atoms with E-state index in [4.69, 9.17) is 4.74 Å². The first-order valence-electron chi connectivity index (χ1n) is 7.22. The number of carboxylic acid groups (broad SMARTS) is 1. The third-order valence-corrected chi connectivity index (χ3v) is 4.17. The SMILES string of the molecule is COc1cccc(C(C)(NC2CCCCC2)C(=O)O)c1. The molecule has 1 fully saturated rings. The van der Waals surface area contributed by atoms with Crippen LogP contribution >= 0.6 is 0 Å². The van der Waals surface area contributed by atoms with E-state index < -0.39 is 11.5 Å². The smallest absolute Gasteiger partial charge is 0.328 e. The number of nitrogens with one attached hydrogen (secondary N) is 1. The number of benzene rings is 1. The van der Waals surface area contributed by atoms with Crippen LogP contribution in [0.2, 0.25) is 0 Å². The van der Waals surface area contributed by atoms with Crippen molar-refractivity contribution >= 4 is 5.97 Å². The maximum Gasteiger partial charge on any atom is 0.328 e. The van der Waals surface area contributed by atoms with Gasteiger partial charge in [-0.1, -0.05) is 31.4 Å². The number of rotatable bonds is 5. The molecule has 0 heterocycles. The standard InChI is InChI=1S/C16H23NO3/c1-16(15(18)19,17-13-8-4-3-5-9-13)12-7-6-10-14(11-12)20-2/h6-7,10-11,13,17H,3-5,8-9H2,1-2H3,(H,18,19). The summed E-state index contributed by atoms with van der Waals surface area (Å²) in [7, 11) is 1.59. The molecule has 0 saturated heterocycles. The van der Waals surface area contributed by atoms with Crippen LogP contribution in [0.15, 0.2) is 24.3 Å². The van der Waals surface area contributed by atoms with Gasteiger partial charge in [0, 0.05) is 6.04 Å². The van der Waals surface area contributed by atoms with Gasteiger partial charge in [-0.25, -0.2) is 4.79 Å². The highest BCUT2D eigenvalue weighted by Gasteiger charge is 2.37. The highest BCUT2D eigenvalue weighted by atomic mass is 16.5. The Hall–Kier alpha value is -1.55. The summed E-state index contributed by atoms with van der Waals surface area (Å²) in [4.78, 5) is 11.8. The van der Waals surface area contributed by atoms with Crippen molar-refractivity contribution < 1.29 is 14.6 Å². The summed E-state index contributed by atoms with van der Waals surface area (Å²) < 4.78 is 5.20. The zero-order chi connectivity index (χ0) is 14.6. The van der Waals surface area contributed by atoms with Crippen molar-refractivity contribution in [3.8, 4) is 5.75 Å². The maximum absolute atomic E-state index is 11.8. The molecule has 1 aromatic rings. The van der Waals surface area contributed by atoms with Gasteiger partial charge in [0.1, 0.15) is 11.3 Å². The molecule has 0 amide bonds. The van der Waals surface area contributed by atoms with Crippen LogP contribution in [0.1, 0.15) is 44.6 Å². The molecule has 0 aliphatic heterocycles. The molecule has 4 nitrogen and oxygen atoms in total. The zero-order valence-corrected chi connectivity index (χ0v) is 12.2. The predicted octanol–water partition coefficient (Wildman–Crippen LogP) is 2.92. The van der Waals surface area contributed by atoms with Crippen LogP contribution < -0.4 is 10.1 Å². The van der Waals surface area contributed by atoms with Crippen LogP contribution in [0.4, 0.5) is 0 Å². The Morgan fingerprint density at radius 3 is 2.65 bits per heavy atom. The second kappa shape index (κ2) is 6.27. The van der Waals surface area contributed by atoms with Gasteiger partial charge in [0.2, 0.25) is 0 Å². The minimum Gasteiger partial charge on any atom is -0.497 e. The van der Waals surface area contributed by atoms with E-state index in [1.54, 1.807) is 20.1 Å². The fraction of sp³-hybridized carbons (Fsp3) is 0.562. The van der Waals surface area contributed by atoms with Crippen LogP contribution in [0, 0.1) is 0 Å². The van der Waals surface area contributed by atoms with E-state index in [0.717, 1.165) is 18.4 Å². The van der Waals surface area contributed by atoms with Crippen molar-refractivity contribution in [3.05, 3.63) is 29.8 Å². The van der Waals surface area contributed by atoms with Gasteiger partial charge < -0.3 is 9.84 Å². The first-order valence-corrected chi connectivity index (χ1v) is 7.22. The molecule has 1 aromatic carbocycles. The molecule has 4 heteroatoms. The average molecular weight is 277 g/mol. The van der Waals surface area contributed by atoms with Gasteiger partial charge in [0.15, 0.2) is 0 Å². The first-order chi connectivity index (χ1) is 9.56. The van der Waals surface area contributed by atoms with E-state index in [2.05, 4.69) is 5.32 Å². The number of hydrogen-bond acceptors (Lipinski definition) is 3. The van der Waals surface area contributed by atoms with Crippen molar-refractivity contribution in [1.29, 1.82) is 0 Å². The second-order valence-corrected chi connectivity index (χ2v) is 5.64. The largest absolute Gasteiger partial charge is 0.497 e. The number of aliphatic carboxylic acids is 1. The lowest BCUT2D eigenvalue weighted by Gasteiger charge is -2.34. The third-order valence-electron chi connectivity index (χ3n) is 4.17. The Labute approximate surface area is 120 Å². The molecule has 1 aliphatic rings. The van der Waals surface area contributed by atoms with Gasteiger partial charge in [-0.05, 0) is 37.5 Å². The monoisotopic (exact) mass is 277 g/mol. The van der Waals surface area contributed by atoms with E-state index >= 15 is 0 Å². The van der Waals surface area contributed by atoms with Gasteiger partial charge in [-0.2, -0.15) is 0 Å². The van der Waals surface area contributed by atoms with E-state index in [9.17, 15) is 9.90 Å². The lowest BCUT2D eigenvalue weighted by molar-refractivity contribution is -0.145. The van der Waals surface area contributed by atoms with Gasteiger partial charge in [0.05, 0.1) is 7.11 Å². The fourth-order valence-corrected chi connectivity index (χ4v) is 2.86. The van der Waals surface area contributed by atoms with E-state index in [1.165, 1.54) is 19.3 Å². The summed E-state index contributed by atoms with van der Waals surface area (Å²) in [6.45, 7) is 1.73. The number of methoxy groups -OCH3 is 1. The zero-order valence-electron chi connectivity index (χ0n) is 12.2. The van der Waals surface area contributed by atoms with Crippen molar-refractivity contribution in [1.82, 2.24) is 5.32 Å². The van der Waals surface area contributed by atoms with Crippen molar-refractivity contribution in [2.24, 2.45) is 0 Å². The summed E-state index contributed by atoms with van der Waals surface area (Å²) in [6.07, 6.45) is 5.69. The molecule has 1 unspecified atom stereocenters. The topological polar surface area (TPSA) is 58.6 Å². The van der Waals surface area contributed by atoms with Gasteiger partial charge in [-0.15, -0.1) is 0 Å². The molecule has 1 saturated carbocycles. The maximum atomic E-state index is 11.8. The second-order valence-electron chi connectivity index (χ2n) is 5.64. The molecule has 0 bridgehead atoms. The number of ether oxygens (including phenoxy) is 1. The Bertz CT molecular complexity index is 469. The Morgan fingerprint density at radius 1 is 1.35 bits per heavy atom. The first kappa shape index (κ1) is 14.9.